The molecule has 2 aromatic heterocycles. The van der Waals surface area contributed by atoms with E-state index in [1.165, 1.54) is 12.1 Å². The fraction of sp³-hybridized carbons (Fsp3) is 0.273. The Labute approximate surface area is 173 Å². The number of aromatic amines is 1. The fourth-order valence-electron chi connectivity index (χ4n) is 3.55. The van der Waals surface area contributed by atoms with E-state index in [9.17, 15) is 9.18 Å². The first-order chi connectivity index (χ1) is 14.5. The van der Waals surface area contributed by atoms with Crippen molar-refractivity contribution >= 4 is 33.8 Å². The third kappa shape index (κ3) is 3.86. The quantitative estimate of drug-likeness (QED) is 0.458. The number of carbonyl (C=O) groups is 1. The highest BCUT2D eigenvalue weighted by Gasteiger charge is 2.16. The smallest absolute Gasteiger partial charge is 0.254 e. The van der Waals surface area contributed by atoms with Gasteiger partial charge in [-0.15, -0.1) is 0 Å². The first kappa shape index (κ1) is 19.9. The molecule has 2 aromatic carbocycles. The Morgan fingerprint density at radius 2 is 2.10 bits per heavy atom. The van der Waals surface area contributed by atoms with Crippen LogP contribution in [-0.4, -0.2) is 52.7 Å². The lowest BCUT2D eigenvalue weighted by atomic mass is 10.1. The van der Waals surface area contributed by atoms with E-state index in [-0.39, 0.29) is 11.7 Å². The van der Waals surface area contributed by atoms with Crippen LogP contribution >= 0.6 is 0 Å². The first-order valence-corrected chi connectivity index (χ1v) is 9.68. The van der Waals surface area contributed by atoms with Crippen LogP contribution < -0.4 is 5.32 Å². The van der Waals surface area contributed by atoms with Gasteiger partial charge in [-0.3, -0.25) is 4.79 Å². The van der Waals surface area contributed by atoms with Crippen LogP contribution in [0.25, 0.3) is 21.9 Å². The van der Waals surface area contributed by atoms with Gasteiger partial charge in [-0.05, 0) is 42.5 Å². The topological polar surface area (TPSA) is 75.2 Å². The second kappa shape index (κ2) is 8.16. The lowest BCUT2D eigenvalue weighted by Crippen LogP contribution is -2.26. The van der Waals surface area contributed by atoms with Gasteiger partial charge in [0.05, 0.1) is 24.2 Å². The zero-order valence-electron chi connectivity index (χ0n) is 17.2. The van der Waals surface area contributed by atoms with E-state index in [1.807, 2.05) is 29.8 Å². The minimum Gasteiger partial charge on any atom is -0.383 e. The molecular formula is C22H24FN5O2. The molecule has 0 atom stereocenters. The molecule has 30 heavy (non-hydrogen) atoms. The van der Waals surface area contributed by atoms with Gasteiger partial charge in [0.25, 0.3) is 5.91 Å². The predicted octanol–water partition coefficient (Wildman–Crippen LogP) is 3.52. The number of rotatable bonds is 7. The van der Waals surface area contributed by atoms with E-state index in [0.717, 1.165) is 33.6 Å². The average molecular weight is 409 g/mol. The van der Waals surface area contributed by atoms with Gasteiger partial charge in [0.15, 0.2) is 0 Å². The van der Waals surface area contributed by atoms with Crippen molar-refractivity contribution in [2.75, 3.05) is 32.6 Å². The molecule has 7 nitrogen and oxygen atoms in total. The summed E-state index contributed by atoms with van der Waals surface area (Å²) < 4.78 is 20.4. The van der Waals surface area contributed by atoms with Crippen molar-refractivity contribution in [3.63, 3.8) is 0 Å². The molecule has 0 saturated heterocycles. The zero-order chi connectivity index (χ0) is 21.3. The summed E-state index contributed by atoms with van der Waals surface area (Å²) in [6, 6.07) is 12.0. The van der Waals surface area contributed by atoms with Gasteiger partial charge < -0.3 is 24.5 Å². The summed E-state index contributed by atoms with van der Waals surface area (Å²) in [6.07, 6.45) is 0. The maximum Gasteiger partial charge on any atom is 0.254 e. The lowest BCUT2D eigenvalue weighted by Gasteiger charge is -2.16. The number of fused-ring (bicyclic) bond motifs is 2. The molecule has 0 radical (unpaired) electrons. The fourth-order valence-corrected chi connectivity index (χ4v) is 3.55. The third-order valence-electron chi connectivity index (χ3n) is 5.11. The molecule has 0 aliphatic carbocycles. The average Bonchev–Trinajstić information content (AvgIpc) is 3.27. The monoisotopic (exact) mass is 409 g/mol. The van der Waals surface area contributed by atoms with Crippen LogP contribution in [0.3, 0.4) is 0 Å². The van der Waals surface area contributed by atoms with Gasteiger partial charge in [-0.1, -0.05) is 0 Å². The van der Waals surface area contributed by atoms with Crippen molar-refractivity contribution in [3.05, 3.63) is 59.5 Å². The predicted molar refractivity (Wildman–Crippen MR) is 115 cm³/mol. The second-order valence-corrected chi connectivity index (χ2v) is 7.30. The van der Waals surface area contributed by atoms with Crippen molar-refractivity contribution in [2.24, 2.45) is 7.05 Å². The van der Waals surface area contributed by atoms with Crippen LogP contribution in [-0.2, 0) is 18.3 Å². The number of anilines is 1. The molecule has 4 aromatic rings. The Morgan fingerprint density at radius 3 is 2.90 bits per heavy atom. The van der Waals surface area contributed by atoms with Crippen molar-refractivity contribution in [3.8, 4) is 0 Å². The number of carbonyl (C=O) groups excluding carboxylic acids is 1. The first-order valence-electron chi connectivity index (χ1n) is 9.68. The summed E-state index contributed by atoms with van der Waals surface area (Å²) in [6.45, 7) is 1.62. The minimum absolute atomic E-state index is 0.110. The Bertz CT molecular complexity index is 1210. The number of nitrogens with zero attached hydrogens (tertiary/aromatic N) is 3. The van der Waals surface area contributed by atoms with Crippen LogP contribution in [0, 0.1) is 5.82 Å². The molecule has 0 bridgehead atoms. The van der Waals surface area contributed by atoms with Crippen molar-refractivity contribution in [1.82, 2.24) is 19.4 Å². The highest BCUT2D eigenvalue weighted by atomic mass is 19.1. The zero-order valence-corrected chi connectivity index (χ0v) is 17.2. The van der Waals surface area contributed by atoms with E-state index in [2.05, 4.69) is 15.3 Å². The Hall–Kier alpha value is -3.39. The van der Waals surface area contributed by atoms with E-state index in [4.69, 9.17) is 4.74 Å². The van der Waals surface area contributed by atoms with Gasteiger partial charge in [-0.2, -0.15) is 0 Å². The second-order valence-electron chi connectivity index (χ2n) is 7.30. The van der Waals surface area contributed by atoms with Crippen LogP contribution in [0.2, 0.25) is 0 Å². The van der Waals surface area contributed by atoms with Crippen molar-refractivity contribution < 1.29 is 13.9 Å². The number of amides is 1. The molecule has 4 rings (SSSR count). The number of imidazole rings is 1. The minimum atomic E-state index is -0.280. The summed E-state index contributed by atoms with van der Waals surface area (Å²) >= 11 is 0. The van der Waals surface area contributed by atoms with Crippen LogP contribution in [0.1, 0.15) is 16.1 Å². The van der Waals surface area contributed by atoms with Gasteiger partial charge in [0, 0.05) is 49.9 Å². The molecule has 2 heterocycles. The van der Waals surface area contributed by atoms with E-state index in [0.29, 0.717) is 25.3 Å². The standard InChI is InChI=1S/C22H24FN5O2/c1-27(13-17-11-15-10-16(23)5-6-18(15)25-17)21(29)14-4-7-20-19(12-14)26-22(28(20)2)24-8-9-30-3/h4-7,10-12,25H,8-9,13H2,1-3H3,(H,24,26). The number of halogens is 1. The SMILES string of the molecule is COCCNc1nc2cc(C(=O)N(C)Cc3cc4cc(F)ccc4[nH]3)ccc2n1C. The highest BCUT2D eigenvalue weighted by molar-refractivity contribution is 5.97. The number of benzene rings is 2. The summed E-state index contributed by atoms with van der Waals surface area (Å²) in [4.78, 5) is 22.4. The number of aryl methyl sites for hydroxylation is 1. The van der Waals surface area contributed by atoms with E-state index < -0.39 is 0 Å². The summed E-state index contributed by atoms with van der Waals surface area (Å²) in [5.74, 6) is 0.337. The molecule has 0 fully saturated rings. The maximum absolute atomic E-state index is 13.4. The molecular weight excluding hydrogens is 385 g/mol. The highest BCUT2D eigenvalue weighted by Crippen LogP contribution is 2.21. The molecule has 8 heteroatoms. The third-order valence-corrected chi connectivity index (χ3v) is 5.11. The lowest BCUT2D eigenvalue weighted by molar-refractivity contribution is 0.0784. The maximum atomic E-state index is 13.4. The largest absolute Gasteiger partial charge is 0.383 e. The molecule has 156 valence electrons. The molecule has 0 saturated carbocycles. The Balaban J connectivity index is 1.52. The number of methoxy groups -OCH3 is 1. The molecule has 1 amide bonds. The van der Waals surface area contributed by atoms with E-state index >= 15 is 0 Å². The van der Waals surface area contributed by atoms with Gasteiger partial charge >= 0.3 is 0 Å². The van der Waals surface area contributed by atoms with Crippen LogP contribution in [0.5, 0.6) is 0 Å². The van der Waals surface area contributed by atoms with E-state index in [1.54, 1.807) is 31.2 Å². The van der Waals surface area contributed by atoms with Gasteiger partial charge in [0.1, 0.15) is 5.82 Å². The number of H-pyrrole nitrogens is 1. The Kier molecular flexibility index (Phi) is 5.41. The number of hydrogen-bond acceptors (Lipinski definition) is 4. The number of ether oxygens (including phenoxy) is 1. The molecule has 0 unspecified atom stereocenters. The van der Waals surface area contributed by atoms with Gasteiger partial charge in [0.2, 0.25) is 5.95 Å². The summed E-state index contributed by atoms with van der Waals surface area (Å²) in [7, 11) is 5.32. The summed E-state index contributed by atoms with van der Waals surface area (Å²) in [5, 5.41) is 4.01. The molecule has 0 aliphatic rings. The van der Waals surface area contributed by atoms with Crippen molar-refractivity contribution in [2.45, 2.75) is 6.54 Å². The summed E-state index contributed by atoms with van der Waals surface area (Å²) in [5.41, 5.74) is 3.93. The Morgan fingerprint density at radius 1 is 1.27 bits per heavy atom. The number of hydrogen-bond donors (Lipinski definition) is 2. The molecule has 2 N–H and O–H groups in total. The van der Waals surface area contributed by atoms with Gasteiger partial charge in [-0.25, -0.2) is 9.37 Å². The molecule has 0 aliphatic heterocycles. The number of nitrogens with one attached hydrogen (secondary N) is 2. The normalized spacial score (nSPS) is 11.3. The molecule has 0 spiro atoms. The number of aromatic nitrogens is 3. The van der Waals surface area contributed by atoms with Crippen LogP contribution in [0.4, 0.5) is 10.3 Å². The van der Waals surface area contributed by atoms with Crippen molar-refractivity contribution in [1.29, 1.82) is 0 Å². The van der Waals surface area contributed by atoms with Crippen LogP contribution in [0.15, 0.2) is 42.5 Å².